The first-order valence-corrected chi connectivity index (χ1v) is 6.01. The molecule has 2 rings (SSSR count). The van der Waals surface area contributed by atoms with Gasteiger partial charge >= 0.3 is 5.97 Å². The summed E-state index contributed by atoms with van der Waals surface area (Å²) in [4.78, 5) is 24.9. The van der Waals surface area contributed by atoms with Crippen LogP contribution in [0.4, 0.5) is 5.69 Å². The zero-order valence-corrected chi connectivity index (χ0v) is 10.7. The van der Waals surface area contributed by atoms with Crippen molar-refractivity contribution < 1.29 is 25.0 Å². The van der Waals surface area contributed by atoms with Crippen molar-refractivity contribution in [1.29, 1.82) is 0 Å². The Morgan fingerprint density at radius 3 is 2.67 bits per heavy atom. The van der Waals surface area contributed by atoms with Gasteiger partial charge in [-0.3, -0.25) is 19.9 Å². The molecule has 0 amide bonds. The number of carbonyl (C=O) groups is 1. The molecule has 0 radical (unpaired) electrons. The first-order chi connectivity index (χ1) is 9.91. The normalized spacial score (nSPS) is 13.8. The molecular weight excluding hydrogens is 280 g/mol. The highest BCUT2D eigenvalue weighted by atomic mass is 16.6. The molecule has 21 heavy (non-hydrogen) atoms. The van der Waals surface area contributed by atoms with Gasteiger partial charge in [0.25, 0.3) is 5.69 Å². The summed E-state index contributed by atoms with van der Waals surface area (Å²) >= 11 is 0. The number of benzene rings is 1. The zero-order valence-electron chi connectivity index (χ0n) is 10.7. The maximum Gasteiger partial charge on any atom is 0.306 e. The van der Waals surface area contributed by atoms with Crippen molar-refractivity contribution in [3.05, 3.63) is 46.1 Å². The third-order valence-corrected chi connectivity index (χ3v) is 3.04. The van der Waals surface area contributed by atoms with Gasteiger partial charge in [-0.2, -0.15) is 0 Å². The largest absolute Gasteiger partial charge is 0.481 e. The second kappa shape index (κ2) is 5.81. The lowest BCUT2D eigenvalue weighted by Gasteiger charge is -2.17. The number of rotatable bonds is 5. The van der Waals surface area contributed by atoms with Crippen molar-refractivity contribution in [3.63, 3.8) is 0 Å². The first kappa shape index (κ1) is 14.8. The number of pyridine rings is 1. The number of hydrogen-bond donors (Lipinski definition) is 3. The highest BCUT2D eigenvalue weighted by molar-refractivity contribution is 5.90. The average molecular weight is 292 g/mol. The molecule has 2 aromatic rings. The second-order valence-electron chi connectivity index (χ2n) is 4.44. The van der Waals surface area contributed by atoms with Crippen LogP contribution in [-0.2, 0) is 4.79 Å². The Bertz CT molecular complexity index is 702. The second-order valence-corrected chi connectivity index (χ2v) is 4.44. The Hall–Kier alpha value is -2.58. The summed E-state index contributed by atoms with van der Waals surface area (Å²) < 4.78 is 0. The molecule has 110 valence electrons. The number of aromatic nitrogens is 1. The van der Waals surface area contributed by atoms with Crippen molar-refractivity contribution in [2.75, 3.05) is 0 Å². The van der Waals surface area contributed by atoms with Crippen LogP contribution >= 0.6 is 0 Å². The fourth-order valence-corrected chi connectivity index (χ4v) is 2.08. The number of nitro benzene ring substituents is 1. The van der Waals surface area contributed by atoms with Crippen LogP contribution in [0.3, 0.4) is 0 Å². The summed E-state index contributed by atoms with van der Waals surface area (Å²) in [5, 5.41) is 39.5. The Morgan fingerprint density at radius 2 is 2.05 bits per heavy atom. The molecule has 0 saturated heterocycles. The van der Waals surface area contributed by atoms with E-state index >= 15 is 0 Å². The quantitative estimate of drug-likeness (QED) is 0.553. The van der Waals surface area contributed by atoms with E-state index in [0.717, 1.165) is 0 Å². The standard InChI is InChI=1S/C13H12N2O6/c16-10(6-11(17)18)13(19)8-3-4-9(15(20)21)7-2-1-5-14-12(7)8/h1-5,10,13,16,19H,6H2,(H,17,18). The van der Waals surface area contributed by atoms with Crippen LogP contribution in [0.5, 0.6) is 0 Å². The van der Waals surface area contributed by atoms with E-state index in [2.05, 4.69) is 4.98 Å². The maximum absolute atomic E-state index is 11.0. The highest BCUT2D eigenvalue weighted by Gasteiger charge is 2.25. The molecular formula is C13H12N2O6. The molecule has 0 aliphatic rings. The van der Waals surface area contributed by atoms with Crippen LogP contribution in [0.15, 0.2) is 30.5 Å². The zero-order chi connectivity index (χ0) is 15.6. The van der Waals surface area contributed by atoms with Crippen LogP contribution in [0.1, 0.15) is 18.1 Å². The predicted molar refractivity (Wildman–Crippen MR) is 71.6 cm³/mol. The van der Waals surface area contributed by atoms with Crippen LogP contribution in [0, 0.1) is 10.1 Å². The molecule has 1 heterocycles. The van der Waals surface area contributed by atoms with E-state index in [1.807, 2.05) is 0 Å². The van der Waals surface area contributed by atoms with Crippen molar-refractivity contribution in [3.8, 4) is 0 Å². The third-order valence-electron chi connectivity index (χ3n) is 3.04. The molecule has 1 aromatic carbocycles. The number of carboxylic acids is 1. The van der Waals surface area contributed by atoms with Gasteiger partial charge in [0.05, 0.1) is 28.4 Å². The van der Waals surface area contributed by atoms with Gasteiger partial charge in [-0.25, -0.2) is 0 Å². The lowest BCUT2D eigenvalue weighted by Crippen LogP contribution is -2.22. The Balaban J connectivity index is 2.53. The van der Waals surface area contributed by atoms with E-state index in [9.17, 15) is 25.1 Å². The minimum Gasteiger partial charge on any atom is -0.481 e. The van der Waals surface area contributed by atoms with E-state index in [4.69, 9.17) is 5.11 Å². The van der Waals surface area contributed by atoms with E-state index < -0.39 is 29.5 Å². The topological polar surface area (TPSA) is 134 Å². The Labute approximate surface area is 118 Å². The van der Waals surface area contributed by atoms with Crippen LogP contribution < -0.4 is 0 Å². The van der Waals surface area contributed by atoms with Gasteiger partial charge < -0.3 is 15.3 Å². The SMILES string of the molecule is O=C(O)CC(O)C(O)c1ccc([N+](=O)[O-])c2cccnc12. The lowest BCUT2D eigenvalue weighted by atomic mass is 9.98. The summed E-state index contributed by atoms with van der Waals surface area (Å²) in [5.74, 6) is -1.26. The molecule has 0 fully saturated rings. The first-order valence-electron chi connectivity index (χ1n) is 6.01. The number of carboxylic acid groups (broad SMARTS) is 1. The van der Waals surface area contributed by atoms with E-state index in [-0.39, 0.29) is 22.2 Å². The monoisotopic (exact) mass is 292 g/mol. The van der Waals surface area contributed by atoms with Crippen molar-refractivity contribution in [2.24, 2.45) is 0 Å². The fraction of sp³-hybridized carbons (Fsp3) is 0.231. The minimum atomic E-state index is -1.53. The van der Waals surface area contributed by atoms with Crippen LogP contribution in [0.25, 0.3) is 10.9 Å². The van der Waals surface area contributed by atoms with E-state index in [0.29, 0.717) is 0 Å². The van der Waals surface area contributed by atoms with Crippen molar-refractivity contribution in [2.45, 2.75) is 18.6 Å². The molecule has 8 heteroatoms. The number of nitro groups is 1. The maximum atomic E-state index is 11.0. The highest BCUT2D eigenvalue weighted by Crippen LogP contribution is 2.31. The number of aliphatic carboxylic acids is 1. The van der Waals surface area contributed by atoms with E-state index in [1.165, 1.54) is 30.5 Å². The van der Waals surface area contributed by atoms with Gasteiger partial charge in [0.2, 0.25) is 0 Å². The lowest BCUT2D eigenvalue weighted by molar-refractivity contribution is -0.383. The Morgan fingerprint density at radius 1 is 1.33 bits per heavy atom. The number of fused-ring (bicyclic) bond motifs is 1. The van der Waals surface area contributed by atoms with Gasteiger partial charge in [0.15, 0.2) is 0 Å². The minimum absolute atomic E-state index is 0.143. The third kappa shape index (κ3) is 2.96. The van der Waals surface area contributed by atoms with Gasteiger partial charge in [-0.1, -0.05) is 0 Å². The molecule has 1 aromatic heterocycles. The molecule has 3 N–H and O–H groups in total. The van der Waals surface area contributed by atoms with Gasteiger partial charge in [-0.05, 0) is 18.2 Å². The number of aliphatic hydroxyl groups is 2. The molecule has 0 bridgehead atoms. The molecule has 2 atom stereocenters. The van der Waals surface area contributed by atoms with Gasteiger partial charge in [0, 0.05) is 17.8 Å². The number of hydrogen-bond acceptors (Lipinski definition) is 6. The van der Waals surface area contributed by atoms with Crippen molar-refractivity contribution >= 4 is 22.6 Å². The summed E-state index contributed by atoms with van der Waals surface area (Å²) in [7, 11) is 0. The number of non-ortho nitro benzene ring substituents is 1. The smallest absolute Gasteiger partial charge is 0.306 e. The van der Waals surface area contributed by atoms with Crippen LogP contribution in [0.2, 0.25) is 0 Å². The molecule has 8 nitrogen and oxygen atoms in total. The number of nitrogens with zero attached hydrogens (tertiary/aromatic N) is 2. The number of aliphatic hydroxyl groups excluding tert-OH is 2. The van der Waals surface area contributed by atoms with Crippen molar-refractivity contribution in [1.82, 2.24) is 4.98 Å². The van der Waals surface area contributed by atoms with Gasteiger partial charge in [-0.15, -0.1) is 0 Å². The molecule has 0 aliphatic heterocycles. The summed E-state index contributed by atoms with van der Waals surface area (Å²) in [6, 6.07) is 5.44. The summed E-state index contributed by atoms with van der Waals surface area (Å²) in [6.45, 7) is 0. The molecule has 0 spiro atoms. The van der Waals surface area contributed by atoms with Gasteiger partial charge in [0.1, 0.15) is 6.10 Å². The summed E-state index contributed by atoms with van der Waals surface area (Å²) in [5.41, 5.74) is 0.121. The summed E-state index contributed by atoms with van der Waals surface area (Å²) in [6.07, 6.45) is -2.29. The average Bonchev–Trinajstić information content (AvgIpc) is 2.44. The van der Waals surface area contributed by atoms with E-state index in [1.54, 1.807) is 0 Å². The van der Waals surface area contributed by atoms with Crippen LogP contribution in [-0.4, -0.2) is 37.3 Å². The molecule has 2 unspecified atom stereocenters. The predicted octanol–water partition coefficient (Wildman–Crippen LogP) is 1.01. The molecule has 0 saturated carbocycles. The Kier molecular flexibility index (Phi) is 4.10. The fourth-order valence-electron chi connectivity index (χ4n) is 2.08. The molecule has 0 aliphatic carbocycles.